The van der Waals surface area contributed by atoms with Crippen molar-refractivity contribution in [1.29, 1.82) is 0 Å². The summed E-state index contributed by atoms with van der Waals surface area (Å²) in [4.78, 5) is 12.3. The lowest BCUT2D eigenvalue weighted by Crippen LogP contribution is -2.32. The van der Waals surface area contributed by atoms with Crippen molar-refractivity contribution in [3.8, 4) is 5.75 Å². The highest BCUT2D eigenvalue weighted by Crippen LogP contribution is 2.27. The van der Waals surface area contributed by atoms with Gasteiger partial charge in [-0.25, -0.2) is 0 Å². The monoisotopic (exact) mass is 281 g/mol. The zero-order valence-corrected chi connectivity index (χ0v) is 12.1. The average molecular weight is 281 g/mol. The molecule has 0 fully saturated rings. The zero-order valence-electron chi connectivity index (χ0n) is 12.1. The van der Waals surface area contributed by atoms with Crippen LogP contribution in [-0.4, -0.2) is 12.5 Å². The van der Waals surface area contributed by atoms with Gasteiger partial charge >= 0.3 is 0 Å². The first-order valence-electron chi connectivity index (χ1n) is 7.37. The Morgan fingerprint density at radius 1 is 1.19 bits per heavy atom. The van der Waals surface area contributed by atoms with E-state index in [2.05, 4.69) is 12.2 Å². The van der Waals surface area contributed by atoms with Gasteiger partial charge in [-0.05, 0) is 42.2 Å². The molecule has 1 aliphatic heterocycles. The minimum absolute atomic E-state index is 0.0220. The fourth-order valence-corrected chi connectivity index (χ4v) is 2.56. The molecule has 0 unspecified atom stereocenters. The van der Waals surface area contributed by atoms with E-state index in [0.29, 0.717) is 6.61 Å². The number of aryl methyl sites for hydroxylation is 1. The number of anilines is 1. The largest absolute Gasteiger partial charge is 0.492 e. The number of carbonyl (C=O) groups excluding carboxylic acids is 1. The predicted molar refractivity (Wildman–Crippen MR) is 83.6 cm³/mol. The summed E-state index contributed by atoms with van der Waals surface area (Å²) in [7, 11) is 0. The molecular formula is C18H19NO2. The molecule has 108 valence electrons. The molecule has 2 aromatic carbocycles. The Balaban J connectivity index is 1.66. The fraction of sp³-hybridized carbons (Fsp3) is 0.278. The molecule has 1 heterocycles. The Morgan fingerprint density at radius 3 is 2.71 bits per heavy atom. The molecule has 1 amide bonds. The lowest BCUT2D eigenvalue weighted by atomic mass is 9.96. The van der Waals surface area contributed by atoms with Gasteiger partial charge in [0.05, 0.1) is 5.92 Å². The number of para-hydroxylation sites is 1. The summed E-state index contributed by atoms with van der Waals surface area (Å²) >= 11 is 0. The Morgan fingerprint density at radius 2 is 1.95 bits per heavy atom. The minimum atomic E-state index is -0.134. The Bertz CT molecular complexity index is 634. The third-order valence-corrected chi connectivity index (χ3v) is 3.88. The normalized spacial score (nSPS) is 16.7. The lowest BCUT2D eigenvalue weighted by molar-refractivity contribution is -0.121. The van der Waals surface area contributed by atoms with E-state index in [-0.39, 0.29) is 11.8 Å². The maximum absolute atomic E-state index is 12.3. The SMILES string of the molecule is CCc1ccc(NC(=O)[C@H]2COc3ccccc3C2)cc1. The van der Waals surface area contributed by atoms with Gasteiger partial charge in [0.2, 0.25) is 5.91 Å². The van der Waals surface area contributed by atoms with Crippen molar-refractivity contribution < 1.29 is 9.53 Å². The molecule has 0 aromatic heterocycles. The summed E-state index contributed by atoms with van der Waals surface area (Å²) < 4.78 is 5.67. The summed E-state index contributed by atoms with van der Waals surface area (Å²) in [6.07, 6.45) is 1.73. The van der Waals surface area contributed by atoms with Gasteiger partial charge in [-0.15, -0.1) is 0 Å². The van der Waals surface area contributed by atoms with E-state index in [9.17, 15) is 4.79 Å². The smallest absolute Gasteiger partial charge is 0.231 e. The third-order valence-electron chi connectivity index (χ3n) is 3.88. The molecule has 3 heteroatoms. The van der Waals surface area contributed by atoms with E-state index in [4.69, 9.17) is 4.74 Å². The molecule has 0 radical (unpaired) electrons. The highest BCUT2D eigenvalue weighted by atomic mass is 16.5. The van der Waals surface area contributed by atoms with Gasteiger partial charge in [-0.2, -0.15) is 0 Å². The number of fused-ring (bicyclic) bond motifs is 1. The lowest BCUT2D eigenvalue weighted by Gasteiger charge is -2.24. The second-order valence-corrected chi connectivity index (χ2v) is 5.36. The van der Waals surface area contributed by atoms with Gasteiger partial charge in [-0.1, -0.05) is 37.3 Å². The van der Waals surface area contributed by atoms with Gasteiger partial charge in [0.15, 0.2) is 0 Å². The van der Waals surface area contributed by atoms with Crippen LogP contribution in [0.25, 0.3) is 0 Å². The van der Waals surface area contributed by atoms with Crippen LogP contribution in [0.15, 0.2) is 48.5 Å². The average Bonchev–Trinajstić information content (AvgIpc) is 2.55. The zero-order chi connectivity index (χ0) is 14.7. The van der Waals surface area contributed by atoms with Gasteiger partial charge in [-0.3, -0.25) is 4.79 Å². The fourth-order valence-electron chi connectivity index (χ4n) is 2.56. The topological polar surface area (TPSA) is 38.3 Å². The molecule has 0 aliphatic carbocycles. The van der Waals surface area contributed by atoms with E-state index in [0.717, 1.165) is 29.8 Å². The molecule has 1 atom stereocenters. The van der Waals surface area contributed by atoms with Crippen molar-refractivity contribution in [2.24, 2.45) is 5.92 Å². The van der Waals surface area contributed by atoms with Crippen LogP contribution in [0.1, 0.15) is 18.1 Å². The first kappa shape index (κ1) is 13.7. The third kappa shape index (κ3) is 3.07. The molecule has 2 aromatic rings. The standard InChI is InChI=1S/C18H19NO2/c1-2-13-7-9-16(10-8-13)19-18(20)15-11-14-5-3-4-6-17(14)21-12-15/h3-10,15H,2,11-12H2,1H3,(H,19,20)/t15-/m1/s1. The van der Waals surface area contributed by atoms with Crippen molar-refractivity contribution in [1.82, 2.24) is 0 Å². The van der Waals surface area contributed by atoms with Crippen LogP contribution in [0.3, 0.4) is 0 Å². The molecule has 0 spiro atoms. The number of amides is 1. The van der Waals surface area contributed by atoms with E-state index >= 15 is 0 Å². The number of benzene rings is 2. The molecule has 3 nitrogen and oxygen atoms in total. The van der Waals surface area contributed by atoms with Crippen LogP contribution < -0.4 is 10.1 Å². The van der Waals surface area contributed by atoms with E-state index in [1.165, 1.54) is 5.56 Å². The molecule has 21 heavy (non-hydrogen) atoms. The van der Waals surface area contributed by atoms with Crippen LogP contribution in [0, 0.1) is 5.92 Å². The molecule has 0 saturated carbocycles. The highest BCUT2D eigenvalue weighted by Gasteiger charge is 2.25. The number of rotatable bonds is 3. The number of nitrogens with one attached hydrogen (secondary N) is 1. The first-order valence-corrected chi connectivity index (χ1v) is 7.37. The number of hydrogen-bond donors (Lipinski definition) is 1. The maximum Gasteiger partial charge on any atom is 0.231 e. The quantitative estimate of drug-likeness (QED) is 0.936. The molecule has 0 saturated heterocycles. The van der Waals surface area contributed by atoms with E-state index in [1.54, 1.807) is 0 Å². The van der Waals surface area contributed by atoms with Crippen molar-refractivity contribution in [2.45, 2.75) is 19.8 Å². The van der Waals surface area contributed by atoms with Gasteiger partial charge in [0.25, 0.3) is 0 Å². The Hall–Kier alpha value is -2.29. The minimum Gasteiger partial charge on any atom is -0.492 e. The van der Waals surface area contributed by atoms with Crippen LogP contribution in [0.2, 0.25) is 0 Å². The van der Waals surface area contributed by atoms with Crippen LogP contribution >= 0.6 is 0 Å². The maximum atomic E-state index is 12.3. The second-order valence-electron chi connectivity index (χ2n) is 5.36. The van der Waals surface area contributed by atoms with Crippen LogP contribution in [0.4, 0.5) is 5.69 Å². The summed E-state index contributed by atoms with van der Waals surface area (Å²) in [5.41, 5.74) is 3.21. The summed E-state index contributed by atoms with van der Waals surface area (Å²) in [5.74, 6) is 0.786. The highest BCUT2D eigenvalue weighted by molar-refractivity contribution is 5.93. The summed E-state index contributed by atoms with van der Waals surface area (Å²) in [5, 5.41) is 2.97. The molecule has 0 bridgehead atoms. The second kappa shape index (κ2) is 6.00. The van der Waals surface area contributed by atoms with E-state index < -0.39 is 0 Å². The van der Waals surface area contributed by atoms with Crippen LogP contribution in [-0.2, 0) is 17.6 Å². The molecule has 3 rings (SSSR count). The van der Waals surface area contributed by atoms with Crippen molar-refractivity contribution in [3.05, 3.63) is 59.7 Å². The molecular weight excluding hydrogens is 262 g/mol. The first-order chi connectivity index (χ1) is 10.3. The molecule has 1 aliphatic rings. The Kier molecular flexibility index (Phi) is 3.91. The van der Waals surface area contributed by atoms with Crippen LogP contribution in [0.5, 0.6) is 5.75 Å². The Labute approximate surface area is 124 Å². The number of carbonyl (C=O) groups is 1. The van der Waals surface area contributed by atoms with Gasteiger partial charge in [0.1, 0.15) is 12.4 Å². The van der Waals surface area contributed by atoms with Crippen molar-refractivity contribution in [2.75, 3.05) is 11.9 Å². The van der Waals surface area contributed by atoms with Gasteiger partial charge < -0.3 is 10.1 Å². The summed E-state index contributed by atoms with van der Waals surface area (Å²) in [6, 6.07) is 15.9. The summed E-state index contributed by atoms with van der Waals surface area (Å²) in [6.45, 7) is 2.56. The van der Waals surface area contributed by atoms with Crippen molar-refractivity contribution >= 4 is 11.6 Å². The molecule has 1 N–H and O–H groups in total. The van der Waals surface area contributed by atoms with Crippen molar-refractivity contribution in [3.63, 3.8) is 0 Å². The number of ether oxygens (including phenoxy) is 1. The van der Waals surface area contributed by atoms with Gasteiger partial charge in [0, 0.05) is 5.69 Å². The van der Waals surface area contributed by atoms with E-state index in [1.807, 2.05) is 48.5 Å². The number of hydrogen-bond acceptors (Lipinski definition) is 2. The predicted octanol–water partition coefficient (Wildman–Crippen LogP) is 3.44.